The van der Waals surface area contributed by atoms with Crippen molar-refractivity contribution < 1.29 is 23.8 Å². The molecule has 1 atom stereocenters. The summed E-state index contributed by atoms with van der Waals surface area (Å²) >= 11 is 0. The number of aliphatic hydroxyl groups is 1. The van der Waals surface area contributed by atoms with Crippen LogP contribution in [0.1, 0.15) is 29.7 Å². The first-order valence-electron chi connectivity index (χ1n) is 10.2. The Morgan fingerprint density at radius 2 is 1.81 bits per heavy atom. The van der Waals surface area contributed by atoms with Gasteiger partial charge in [0.25, 0.3) is 11.7 Å². The van der Waals surface area contributed by atoms with E-state index < -0.39 is 23.5 Å². The lowest BCUT2D eigenvalue weighted by Crippen LogP contribution is -2.29. The highest BCUT2D eigenvalue weighted by Crippen LogP contribution is 2.40. The van der Waals surface area contributed by atoms with E-state index in [1.54, 1.807) is 42.7 Å². The summed E-state index contributed by atoms with van der Waals surface area (Å²) in [5.74, 6) is -1.69. The van der Waals surface area contributed by atoms with Gasteiger partial charge in [-0.2, -0.15) is 0 Å². The molecule has 3 aromatic rings. The molecule has 1 aromatic heterocycles. The topological polar surface area (TPSA) is 79.7 Å². The molecule has 2 heterocycles. The molecule has 1 fully saturated rings. The molecule has 0 aliphatic carbocycles. The largest absolute Gasteiger partial charge is 0.507 e. The number of aliphatic hydroxyl groups excluding tert-OH is 1. The zero-order valence-corrected chi connectivity index (χ0v) is 17.4. The number of halogens is 1. The van der Waals surface area contributed by atoms with Gasteiger partial charge >= 0.3 is 0 Å². The van der Waals surface area contributed by atoms with Gasteiger partial charge in [-0.25, -0.2) is 4.39 Å². The fourth-order valence-electron chi connectivity index (χ4n) is 3.75. The second-order valence-electron chi connectivity index (χ2n) is 7.30. The molecule has 6 nitrogen and oxygen atoms in total. The zero-order valence-electron chi connectivity index (χ0n) is 17.4. The van der Waals surface area contributed by atoms with Crippen LogP contribution < -0.4 is 4.74 Å². The van der Waals surface area contributed by atoms with Gasteiger partial charge in [0.1, 0.15) is 17.3 Å². The van der Waals surface area contributed by atoms with Gasteiger partial charge in [-0.3, -0.25) is 14.6 Å². The van der Waals surface area contributed by atoms with E-state index in [1.165, 1.54) is 29.2 Å². The molecular formula is C25H21FN2O4. The van der Waals surface area contributed by atoms with Crippen molar-refractivity contribution in [3.8, 4) is 5.75 Å². The number of aromatic nitrogens is 1. The number of likely N-dealkylation sites (tertiary alicyclic amines) is 1. The van der Waals surface area contributed by atoms with E-state index in [9.17, 15) is 19.1 Å². The van der Waals surface area contributed by atoms with Crippen molar-refractivity contribution in [2.45, 2.75) is 19.5 Å². The third-order valence-electron chi connectivity index (χ3n) is 5.24. The zero-order chi connectivity index (χ0) is 22.7. The second-order valence-corrected chi connectivity index (χ2v) is 7.30. The average Bonchev–Trinajstić information content (AvgIpc) is 3.05. The van der Waals surface area contributed by atoms with Crippen molar-refractivity contribution in [3.63, 3.8) is 0 Å². The van der Waals surface area contributed by atoms with Gasteiger partial charge in [-0.05, 0) is 60.5 Å². The highest BCUT2D eigenvalue weighted by molar-refractivity contribution is 6.46. The van der Waals surface area contributed by atoms with Crippen LogP contribution in [0.4, 0.5) is 4.39 Å². The Morgan fingerprint density at radius 3 is 2.44 bits per heavy atom. The highest BCUT2D eigenvalue weighted by atomic mass is 19.1. The molecule has 0 unspecified atom stereocenters. The highest BCUT2D eigenvalue weighted by Gasteiger charge is 2.46. The van der Waals surface area contributed by atoms with Crippen molar-refractivity contribution in [2.75, 3.05) is 6.61 Å². The molecule has 7 heteroatoms. The molecule has 0 spiro atoms. The quantitative estimate of drug-likeness (QED) is 0.358. The third-order valence-corrected chi connectivity index (χ3v) is 5.24. The van der Waals surface area contributed by atoms with Gasteiger partial charge in [0, 0.05) is 24.5 Å². The summed E-state index contributed by atoms with van der Waals surface area (Å²) in [5, 5.41) is 11.0. The molecule has 4 rings (SSSR count). The minimum absolute atomic E-state index is 0.0466. The van der Waals surface area contributed by atoms with E-state index in [-0.39, 0.29) is 23.4 Å². The number of ether oxygens (including phenoxy) is 1. The van der Waals surface area contributed by atoms with Crippen molar-refractivity contribution in [1.82, 2.24) is 9.88 Å². The average molecular weight is 432 g/mol. The fraction of sp³-hybridized carbons (Fsp3) is 0.160. The lowest BCUT2D eigenvalue weighted by molar-refractivity contribution is -0.140. The Hall–Kier alpha value is -4.00. The number of carbonyl (C=O) groups is 2. The molecule has 162 valence electrons. The molecule has 1 aliphatic rings. The predicted molar refractivity (Wildman–Crippen MR) is 116 cm³/mol. The predicted octanol–water partition coefficient (Wildman–Crippen LogP) is 4.24. The van der Waals surface area contributed by atoms with Crippen LogP contribution in [0.25, 0.3) is 5.76 Å². The molecule has 1 saturated heterocycles. The van der Waals surface area contributed by atoms with Crippen LogP contribution in [0.3, 0.4) is 0 Å². The Labute approximate surface area is 184 Å². The first-order valence-corrected chi connectivity index (χ1v) is 10.2. The normalized spacial score (nSPS) is 17.6. The summed E-state index contributed by atoms with van der Waals surface area (Å²) in [6.07, 6.45) is 3.24. The van der Waals surface area contributed by atoms with Crippen molar-refractivity contribution in [3.05, 3.63) is 101 Å². The molecule has 32 heavy (non-hydrogen) atoms. The number of nitrogens with zero attached hydrogens (tertiary/aromatic N) is 2. The van der Waals surface area contributed by atoms with Crippen molar-refractivity contribution in [1.29, 1.82) is 0 Å². The maximum absolute atomic E-state index is 13.4. The van der Waals surface area contributed by atoms with Crippen LogP contribution in [-0.4, -0.2) is 33.3 Å². The van der Waals surface area contributed by atoms with E-state index in [4.69, 9.17) is 4.74 Å². The van der Waals surface area contributed by atoms with Crippen LogP contribution in [0.15, 0.2) is 78.6 Å². The van der Waals surface area contributed by atoms with Crippen molar-refractivity contribution in [2.24, 2.45) is 0 Å². The number of carbonyl (C=O) groups excluding carboxylic acids is 2. The van der Waals surface area contributed by atoms with Gasteiger partial charge in [0.2, 0.25) is 0 Å². The molecular weight excluding hydrogens is 411 g/mol. The minimum atomic E-state index is -0.823. The van der Waals surface area contributed by atoms with Crippen molar-refractivity contribution >= 4 is 17.4 Å². The lowest BCUT2D eigenvalue weighted by atomic mass is 9.95. The molecule has 2 aromatic carbocycles. The summed E-state index contributed by atoms with van der Waals surface area (Å²) < 4.78 is 18.9. The van der Waals surface area contributed by atoms with Crippen LogP contribution in [-0.2, 0) is 16.1 Å². The monoisotopic (exact) mass is 432 g/mol. The number of amides is 1. The van der Waals surface area contributed by atoms with E-state index >= 15 is 0 Å². The van der Waals surface area contributed by atoms with Gasteiger partial charge in [-0.1, -0.05) is 18.2 Å². The second kappa shape index (κ2) is 9.01. The molecule has 0 bridgehead atoms. The van der Waals surface area contributed by atoms with Crippen LogP contribution in [0, 0.1) is 5.82 Å². The number of pyridine rings is 1. The van der Waals surface area contributed by atoms with E-state index in [1.807, 2.05) is 13.0 Å². The first kappa shape index (κ1) is 21.2. The fourth-order valence-corrected chi connectivity index (χ4v) is 3.75. The first-order chi connectivity index (χ1) is 15.5. The SMILES string of the molecule is CCOc1ccc([C@H]2/C(=C(\O)c3ccc(F)cc3)C(=O)C(=O)N2Cc2cccnc2)cc1. The standard InChI is InChI=1S/C25H21FN2O4/c1-2-32-20-11-7-17(8-12-20)22-21(23(29)18-5-9-19(26)10-6-18)24(30)25(31)28(22)15-16-4-3-13-27-14-16/h3-14,22,29H,2,15H2,1H3/b23-21+/t22-/m0/s1. The Morgan fingerprint density at radius 1 is 1.09 bits per heavy atom. The summed E-state index contributed by atoms with van der Waals surface area (Å²) in [4.78, 5) is 31.5. The number of ketones is 1. The lowest BCUT2D eigenvalue weighted by Gasteiger charge is -2.25. The van der Waals surface area contributed by atoms with Gasteiger partial charge in [-0.15, -0.1) is 0 Å². The number of hydrogen-bond acceptors (Lipinski definition) is 5. The molecule has 0 radical (unpaired) electrons. The van der Waals surface area contributed by atoms with Crippen LogP contribution in [0.5, 0.6) is 5.75 Å². The molecule has 1 amide bonds. The van der Waals surface area contributed by atoms with E-state index in [2.05, 4.69) is 4.98 Å². The van der Waals surface area contributed by atoms with Crippen LogP contribution in [0.2, 0.25) is 0 Å². The summed E-state index contributed by atoms with van der Waals surface area (Å²) in [6, 6.07) is 14.9. The van der Waals surface area contributed by atoms with Gasteiger partial charge < -0.3 is 14.7 Å². The Kier molecular flexibility index (Phi) is 5.98. The van der Waals surface area contributed by atoms with Gasteiger partial charge in [0.05, 0.1) is 18.2 Å². The van der Waals surface area contributed by atoms with E-state index in [0.29, 0.717) is 17.9 Å². The smallest absolute Gasteiger partial charge is 0.295 e. The number of hydrogen-bond donors (Lipinski definition) is 1. The molecule has 1 aliphatic heterocycles. The summed E-state index contributed by atoms with van der Waals surface area (Å²) in [5.41, 5.74) is 1.59. The van der Waals surface area contributed by atoms with Crippen LogP contribution >= 0.6 is 0 Å². The summed E-state index contributed by atoms with van der Waals surface area (Å²) in [7, 11) is 0. The maximum Gasteiger partial charge on any atom is 0.295 e. The Bertz CT molecular complexity index is 1160. The maximum atomic E-state index is 13.4. The van der Waals surface area contributed by atoms with E-state index in [0.717, 1.165) is 5.56 Å². The molecule has 0 saturated carbocycles. The number of benzene rings is 2. The Balaban J connectivity index is 1.83. The minimum Gasteiger partial charge on any atom is -0.507 e. The molecule has 1 N–H and O–H groups in total. The summed E-state index contributed by atoms with van der Waals surface area (Å²) in [6.45, 7) is 2.51. The number of rotatable bonds is 6. The number of Topliss-reactive ketones (excluding diaryl/α,β-unsaturated/α-hetero) is 1. The van der Waals surface area contributed by atoms with Gasteiger partial charge in [0.15, 0.2) is 0 Å². The third kappa shape index (κ3) is 4.09.